The highest BCUT2D eigenvalue weighted by molar-refractivity contribution is 5.17. The maximum Gasteiger partial charge on any atom is 0.0570 e. The molecule has 0 saturated carbocycles. The predicted molar refractivity (Wildman–Crippen MR) is 64.8 cm³/mol. The van der Waals surface area contributed by atoms with Crippen LogP contribution in [0.3, 0.4) is 0 Å². The fraction of sp³-hybridized carbons (Fsp3) is 0.615. The Labute approximate surface area is 93.1 Å². The van der Waals surface area contributed by atoms with E-state index in [1.807, 2.05) is 12.3 Å². The minimum atomic E-state index is 0.809. The third-order valence-electron chi connectivity index (χ3n) is 2.55. The summed E-state index contributed by atoms with van der Waals surface area (Å²) in [7, 11) is 0. The fourth-order valence-corrected chi connectivity index (χ4v) is 1.55. The summed E-state index contributed by atoms with van der Waals surface area (Å²) in [6.45, 7) is 8.63. The molecule has 0 aromatic carbocycles. The van der Waals surface area contributed by atoms with Crippen LogP contribution in [-0.2, 0) is 6.54 Å². The minimum absolute atomic E-state index is 0.809. The molecule has 1 heterocycles. The van der Waals surface area contributed by atoms with Crippen LogP contribution < -0.4 is 5.32 Å². The Bertz CT molecular complexity index is 282. The van der Waals surface area contributed by atoms with Gasteiger partial charge in [-0.15, -0.1) is 0 Å². The van der Waals surface area contributed by atoms with Gasteiger partial charge in [0, 0.05) is 12.7 Å². The zero-order valence-corrected chi connectivity index (χ0v) is 10.1. The minimum Gasteiger partial charge on any atom is -0.311 e. The van der Waals surface area contributed by atoms with Crippen LogP contribution >= 0.6 is 0 Å². The van der Waals surface area contributed by atoms with E-state index < -0.39 is 0 Å². The van der Waals surface area contributed by atoms with Crippen molar-refractivity contribution in [1.82, 2.24) is 10.3 Å². The molecular weight excluding hydrogens is 184 g/mol. The van der Waals surface area contributed by atoms with Gasteiger partial charge in [0.25, 0.3) is 0 Å². The van der Waals surface area contributed by atoms with Crippen molar-refractivity contribution >= 4 is 0 Å². The van der Waals surface area contributed by atoms with Crippen molar-refractivity contribution in [2.75, 3.05) is 6.54 Å². The summed E-state index contributed by atoms with van der Waals surface area (Å²) in [6, 6.07) is 4.09. The zero-order chi connectivity index (χ0) is 11.1. The Kier molecular flexibility index (Phi) is 5.33. The second-order valence-corrected chi connectivity index (χ2v) is 4.48. The maximum atomic E-state index is 4.35. The summed E-state index contributed by atoms with van der Waals surface area (Å²) >= 11 is 0. The lowest BCUT2D eigenvalue weighted by molar-refractivity contribution is 0.525. The molecular formula is C13H22N2. The molecule has 84 valence electrons. The quantitative estimate of drug-likeness (QED) is 0.724. The molecule has 0 saturated heterocycles. The molecule has 1 aromatic rings. The first-order valence-electron chi connectivity index (χ1n) is 5.81. The zero-order valence-electron chi connectivity index (χ0n) is 10.1. The first kappa shape index (κ1) is 12.2. The molecule has 0 atom stereocenters. The molecule has 0 unspecified atom stereocenters. The summed E-state index contributed by atoms with van der Waals surface area (Å²) in [6.07, 6.45) is 4.41. The van der Waals surface area contributed by atoms with Crippen LogP contribution in [0.25, 0.3) is 0 Å². The van der Waals surface area contributed by atoms with Crippen LogP contribution in [0.1, 0.15) is 37.9 Å². The fourth-order valence-electron chi connectivity index (χ4n) is 1.55. The lowest BCUT2D eigenvalue weighted by Gasteiger charge is -2.07. The lowest BCUT2D eigenvalue weighted by Crippen LogP contribution is -2.16. The summed E-state index contributed by atoms with van der Waals surface area (Å²) in [5.41, 5.74) is 2.44. The van der Waals surface area contributed by atoms with Gasteiger partial charge in [0.15, 0.2) is 0 Å². The third-order valence-corrected chi connectivity index (χ3v) is 2.55. The van der Waals surface area contributed by atoms with E-state index in [1.54, 1.807) is 0 Å². The number of rotatable bonds is 6. The van der Waals surface area contributed by atoms with Crippen molar-refractivity contribution in [3.05, 3.63) is 29.6 Å². The average Bonchev–Trinajstić information content (AvgIpc) is 2.20. The van der Waals surface area contributed by atoms with Gasteiger partial charge in [-0.05, 0) is 43.9 Å². The average molecular weight is 206 g/mol. The highest BCUT2D eigenvalue weighted by atomic mass is 14.9. The Hall–Kier alpha value is -0.890. The number of aromatic nitrogens is 1. The number of hydrogen-bond acceptors (Lipinski definition) is 2. The normalized spacial score (nSPS) is 10.9. The van der Waals surface area contributed by atoms with Crippen LogP contribution in [0.2, 0.25) is 0 Å². The van der Waals surface area contributed by atoms with Gasteiger partial charge >= 0.3 is 0 Å². The number of pyridine rings is 1. The molecule has 1 aromatic heterocycles. The highest BCUT2D eigenvalue weighted by Crippen LogP contribution is 2.04. The monoisotopic (exact) mass is 206 g/mol. The first-order valence-corrected chi connectivity index (χ1v) is 5.81. The lowest BCUT2D eigenvalue weighted by atomic mass is 10.1. The van der Waals surface area contributed by atoms with E-state index in [4.69, 9.17) is 0 Å². The van der Waals surface area contributed by atoms with E-state index in [0.717, 1.165) is 19.0 Å². The maximum absolute atomic E-state index is 4.35. The Morgan fingerprint density at radius 2 is 2.20 bits per heavy atom. The second-order valence-electron chi connectivity index (χ2n) is 4.48. The van der Waals surface area contributed by atoms with Crippen LogP contribution in [0.5, 0.6) is 0 Å². The van der Waals surface area contributed by atoms with Gasteiger partial charge in [-0.2, -0.15) is 0 Å². The largest absolute Gasteiger partial charge is 0.311 e. The third kappa shape index (κ3) is 4.93. The van der Waals surface area contributed by atoms with Crippen molar-refractivity contribution in [3.8, 4) is 0 Å². The summed E-state index contributed by atoms with van der Waals surface area (Å²) < 4.78 is 0. The van der Waals surface area contributed by atoms with Gasteiger partial charge in [0.1, 0.15) is 0 Å². The van der Waals surface area contributed by atoms with Crippen molar-refractivity contribution in [2.45, 2.75) is 40.2 Å². The molecule has 0 fully saturated rings. The van der Waals surface area contributed by atoms with Gasteiger partial charge in [0.05, 0.1) is 5.69 Å². The van der Waals surface area contributed by atoms with E-state index in [1.165, 1.54) is 24.1 Å². The molecule has 0 radical (unpaired) electrons. The Morgan fingerprint density at radius 3 is 2.87 bits per heavy atom. The van der Waals surface area contributed by atoms with Crippen LogP contribution in [0.15, 0.2) is 18.3 Å². The molecule has 2 nitrogen and oxygen atoms in total. The summed E-state index contributed by atoms with van der Waals surface area (Å²) in [5, 5.41) is 3.44. The van der Waals surface area contributed by atoms with Crippen molar-refractivity contribution in [2.24, 2.45) is 5.92 Å². The molecule has 0 spiro atoms. The van der Waals surface area contributed by atoms with Crippen molar-refractivity contribution in [3.63, 3.8) is 0 Å². The molecule has 0 aliphatic carbocycles. The van der Waals surface area contributed by atoms with E-state index >= 15 is 0 Å². The number of hydrogen-bond donors (Lipinski definition) is 1. The predicted octanol–water partition coefficient (Wildman–Crippen LogP) is 2.92. The Morgan fingerprint density at radius 1 is 1.40 bits per heavy atom. The SMILES string of the molecule is Cc1cccnc1CNCCCC(C)C. The molecule has 0 bridgehead atoms. The second kappa shape index (κ2) is 6.57. The van der Waals surface area contributed by atoms with Crippen LogP contribution in [0, 0.1) is 12.8 Å². The molecule has 2 heteroatoms. The highest BCUT2D eigenvalue weighted by Gasteiger charge is 1.98. The topological polar surface area (TPSA) is 24.9 Å². The van der Waals surface area contributed by atoms with E-state index in [9.17, 15) is 0 Å². The smallest absolute Gasteiger partial charge is 0.0570 e. The molecule has 0 aliphatic rings. The van der Waals surface area contributed by atoms with Gasteiger partial charge in [-0.3, -0.25) is 4.98 Å². The van der Waals surface area contributed by atoms with Gasteiger partial charge in [-0.25, -0.2) is 0 Å². The summed E-state index contributed by atoms with van der Waals surface area (Å²) in [5.74, 6) is 0.809. The van der Waals surface area contributed by atoms with Gasteiger partial charge in [-0.1, -0.05) is 19.9 Å². The molecule has 15 heavy (non-hydrogen) atoms. The van der Waals surface area contributed by atoms with E-state index in [-0.39, 0.29) is 0 Å². The standard InChI is InChI=1S/C13H22N2/c1-11(2)6-4-8-14-10-13-12(3)7-5-9-15-13/h5,7,9,11,14H,4,6,8,10H2,1-3H3. The Balaban J connectivity index is 2.18. The number of nitrogens with one attached hydrogen (secondary N) is 1. The van der Waals surface area contributed by atoms with Crippen molar-refractivity contribution < 1.29 is 0 Å². The van der Waals surface area contributed by atoms with E-state index in [2.05, 4.69) is 37.1 Å². The van der Waals surface area contributed by atoms with Crippen LogP contribution in [0.4, 0.5) is 0 Å². The molecule has 1 N–H and O–H groups in total. The molecule has 1 rings (SSSR count). The van der Waals surface area contributed by atoms with Gasteiger partial charge < -0.3 is 5.32 Å². The van der Waals surface area contributed by atoms with Crippen molar-refractivity contribution in [1.29, 1.82) is 0 Å². The molecule has 0 aliphatic heterocycles. The molecule has 0 amide bonds. The number of aryl methyl sites for hydroxylation is 1. The van der Waals surface area contributed by atoms with E-state index in [0.29, 0.717) is 0 Å². The van der Waals surface area contributed by atoms with Gasteiger partial charge in [0.2, 0.25) is 0 Å². The van der Waals surface area contributed by atoms with Crippen LogP contribution in [-0.4, -0.2) is 11.5 Å². The number of nitrogens with zero attached hydrogens (tertiary/aromatic N) is 1. The summed E-state index contributed by atoms with van der Waals surface area (Å²) in [4.78, 5) is 4.35. The first-order chi connectivity index (χ1) is 7.20.